The van der Waals surface area contributed by atoms with Crippen molar-refractivity contribution in [3.63, 3.8) is 0 Å². The molecule has 0 fully saturated rings. The van der Waals surface area contributed by atoms with Gasteiger partial charge in [-0.2, -0.15) is 0 Å². The van der Waals surface area contributed by atoms with Gasteiger partial charge in [0.2, 0.25) is 5.91 Å². The van der Waals surface area contributed by atoms with E-state index in [9.17, 15) is 4.79 Å². The molecule has 5 nitrogen and oxygen atoms in total. The predicted octanol–water partition coefficient (Wildman–Crippen LogP) is 2.61. The van der Waals surface area contributed by atoms with Crippen LogP contribution in [-0.2, 0) is 17.8 Å². The Kier molecular flexibility index (Phi) is 9.37. The molecule has 1 heterocycles. The second-order valence-corrected chi connectivity index (χ2v) is 5.45. The normalized spacial score (nSPS) is 11.0. The van der Waals surface area contributed by atoms with Crippen LogP contribution >= 0.6 is 24.8 Å². The first kappa shape index (κ1) is 21.3. The third kappa shape index (κ3) is 6.93. The maximum absolute atomic E-state index is 11.9. The first-order chi connectivity index (χ1) is 10.0. The number of hydrogen-bond donors (Lipinski definition) is 2. The Bertz CT molecular complexity index is 598. The molecule has 1 amide bonds. The van der Waals surface area contributed by atoms with E-state index in [0.717, 1.165) is 17.9 Å². The first-order valence-corrected chi connectivity index (χ1v) is 7.13. The minimum Gasteiger partial charge on any atom is -0.399 e. The topological polar surface area (TPSA) is 72.9 Å². The van der Waals surface area contributed by atoms with Gasteiger partial charge >= 0.3 is 0 Å². The maximum Gasteiger partial charge on any atom is 0.224 e. The van der Waals surface area contributed by atoms with Gasteiger partial charge in [-0.05, 0) is 30.5 Å². The molecule has 0 aliphatic heterocycles. The van der Waals surface area contributed by atoms with Gasteiger partial charge in [-0.1, -0.05) is 19.1 Å². The van der Waals surface area contributed by atoms with Gasteiger partial charge in [0.15, 0.2) is 0 Å². The van der Waals surface area contributed by atoms with Gasteiger partial charge in [0.25, 0.3) is 0 Å². The summed E-state index contributed by atoms with van der Waals surface area (Å²) in [4.78, 5) is 16.1. The molecule has 1 aromatic heterocycles. The fraction of sp³-hybridized carbons (Fsp3) is 0.375. The average Bonchev–Trinajstić information content (AvgIpc) is 2.85. The molecular formula is C16H24Cl2N4O. The lowest BCUT2D eigenvalue weighted by molar-refractivity contribution is -0.120. The standard InChI is InChI=1S/C16H22N4O.2ClH/c1-12(11-20-8-7-18-13(20)2)10-19-16(21)9-14-3-5-15(17)6-4-14;;/h3-8,12H,9-11,17H2,1-2H3,(H,19,21);2*1H. The number of nitrogens with zero attached hydrogens (tertiary/aromatic N) is 2. The first-order valence-electron chi connectivity index (χ1n) is 7.13. The van der Waals surface area contributed by atoms with E-state index in [2.05, 4.69) is 21.8 Å². The number of halogens is 2. The molecule has 0 aliphatic rings. The summed E-state index contributed by atoms with van der Waals surface area (Å²) in [5.74, 6) is 1.39. The van der Waals surface area contributed by atoms with Crippen molar-refractivity contribution >= 4 is 36.4 Å². The summed E-state index contributed by atoms with van der Waals surface area (Å²) in [7, 11) is 0. The fourth-order valence-electron chi connectivity index (χ4n) is 2.17. The van der Waals surface area contributed by atoms with Crippen LogP contribution in [0.4, 0.5) is 5.69 Å². The quantitative estimate of drug-likeness (QED) is 0.779. The summed E-state index contributed by atoms with van der Waals surface area (Å²) < 4.78 is 2.09. The van der Waals surface area contributed by atoms with Crippen LogP contribution in [0.1, 0.15) is 18.3 Å². The summed E-state index contributed by atoms with van der Waals surface area (Å²) in [6.07, 6.45) is 4.14. The van der Waals surface area contributed by atoms with Gasteiger partial charge in [0.05, 0.1) is 6.42 Å². The van der Waals surface area contributed by atoms with Gasteiger partial charge in [0.1, 0.15) is 5.82 Å². The van der Waals surface area contributed by atoms with Crippen LogP contribution in [0.2, 0.25) is 0 Å². The number of rotatable bonds is 6. The van der Waals surface area contributed by atoms with E-state index in [-0.39, 0.29) is 30.7 Å². The molecule has 1 aromatic carbocycles. The maximum atomic E-state index is 11.9. The van der Waals surface area contributed by atoms with Crippen LogP contribution in [0.25, 0.3) is 0 Å². The molecule has 2 rings (SSSR count). The third-order valence-corrected chi connectivity index (χ3v) is 3.42. The molecule has 128 valence electrons. The highest BCUT2D eigenvalue weighted by Gasteiger charge is 2.08. The van der Waals surface area contributed by atoms with Crippen molar-refractivity contribution in [1.29, 1.82) is 0 Å². The Balaban J connectivity index is 0.00000242. The second-order valence-electron chi connectivity index (χ2n) is 5.45. The van der Waals surface area contributed by atoms with Crippen LogP contribution in [0.3, 0.4) is 0 Å². The lowest BCUT2D eigenvalue weighted by Crippen LogP contribution is -2.31. The smallest absolute Gasteiger partial charge is 0.224 e. The van der Waals surface area contributed by atoms with Gasteiger partial charge in [-0.25, -0.2) is 4.98 Å². The molecule has 3 N–H and O–H groups in total. The van der Waals surface area contributed by atoms with Crippen LogP contribution in [0, 0.1) is 12.8 Å². The molecule has 0 saturated heterocycles. The number of nitrogen functional groups attached to an aromatic ring is 1. The highest BCUT2D eigenvalue weighted by Crippen LogP contribution is 2.06. The molecule has 0 spiro atoms. The zero-order valence-corrected chi connectivity index (χ0v) is 15.0. The van der Waals surface area contributed by atoms with Crippen molar-refractivity contribution in [2.24, 2.45) is 5.92 Å². The summed E-state index contributed by atoms with van der Waals surface area (Å²) in [6, 6.07) is 7.39. The Morgan fingerprint density at radius 3 is 2.52 bits per heavy atom. The van der Waals surface area contributed by atoms with E-state index < -0.39 is 0 Å². The van der Waals surface area contributed by atoms with E-state index >= 15 is 0 Å². The summed E-state index contributed by atoms with van der Waals surface area (Å²) >= 11 is 0. The van der Waals surface area contributed by atoms with Crippen LogP contribution in [0.5, 0.6) is 0 Å². The number of hydrogen-bond acceptors (Lipinski definition) is 3. The zero-order valence-electron chi connectivity index (χ0n) is 13.4. The lowest BCUT2D eigenvalue weighted by Gasteiger charge is -2.14. The number of amides is 1. The molecule has 1 atom stereocenters. The van der Waals surface area contributed by atoms with E-state index in [1.807, 2.05) is 37.4 Å². The highest BCUT2D eigenvalue weighted by atomic mass is 35.5. The van der Waals surface area contributed by atoms with E-state index in [4.69, 9.17) is 5.73 Å². The monoisotopic (exact) mass is 358 g/mol. The van der Waals surface area contributed by atoms with Crippen molar-refractivity contribution in [2.45, 2.75) is 26.8 Å². The van der Waals surface area contributed by atoms with Gasteiger partial charge in [-0.3, -0.25) is 4.79 Å². The minimum absolute atomic E-state index is 0. The number of nitrogens with one attached hydrogen (secondary N) is 1. The summed E-state index contributed by atoms with van der Waals surface area (Å²) in [5, 5.41) is 2.97. The zero-order chi connectivity index (χ0) is 15.2. The van der Waals surface area contributed by atoms with E-state index in [0.29, 0.717) is 24.6 Å². The largest absolute Gasteiger partial charge is 0.399 e. The van der Waals surface area contributed by atoms with Crippen molar-refractivity contribution in [3.8, 4) is 0 Å². The number of imidazole rings is 1. The van der Waals surface area contributed by atoms with Crippen molar-refractivity contribution in [1.82, 2.24) is 14.9 Å². The van der Waals surface area contributed by atoms with Crippen molar-refractivity contribution < 1.29 is 4.79 Å². The van der Waals surface area contributed by atoms with Gasteiger partial charge < -0.3 is 15.6 Å². The molecular weight excluding hydrogens is 335 g/mol. The van der Waals surface area contributed by atoms with Gasteiger partial charge in [-0.15, -0.1) is 24.8 Å². The summed E-state index contributed by atoms with van der Waals surface area (Å²) in [5.41, 5.74) is 7.31. The van der Waals surface area contributed by atoms with Crippen LogP contribution in [0.15, 0.2) is 36.7 Å². The van der Waals surface area contributed by atoms with Crippen LogP contribution in [-0.4, -0.2) is 22.0 Å². The van der Waals surface area contributed by atoms with E-state index in [1.54, 1.807) is 6.20 Å². The molecule has 0 radical (unpaired) electrons. The predicted molar refractivity (Wildman–Crippen MR) is 98.2 cm³/mol. The number of anilines is 1. The molecule has 0 aliphatic carbocycles. The SMILES string of the molecule is Cc1nccn1CC(C)CNC(=O)Cc1ccc(N)cc1.Cl.Cl. The number of carbonyl (C=O) groups is 1. The average molecular weight is 359 g/mol. The summed E-state index contributed by atoms with van der Waals surface area (Å²) in [6.45, 7) is 5.61. The lowest BCUT2D eigenvalue weighted by atomic mass is 10.1. The Morgan fingerprint density at radius 1 is 1.30 bits per heavy atom. The van der Waals surface area contributed by atoms with E-state index in [1.165, 1.54) is 0 Å². The molecule has 7 heteroatoms. The number of aryl methyl sites for hydroxylation is 1. The second kappa shape index (κ2) is 10.1. The van der Waals surface area contributed by atoms with Crippen molar-refractivity contribution in [3.05, 3.63) is 48.0 Å². The number of nitrogens with two attached hydrogens (primary N) is 1. The number of benzene rings is 1. The minimum atomic E-state index is 0. The molecule has 23 heavy (non-hydrogen) atoms. The third-order valence-electron chi connectivity index (χ3n) is 3.42. The molecule has 0 saturated carbocycles. The molecule has 0 bridgehead atoms. The van der Waals surface area contributed by atoms with Crippen LogP contribution < -0.4 is 11.1 Å². The fourth-order valence-corrected chi connectivity index (χ4v) is 2.17. The van der Waals surface area contributed by atoms with Gasteiger partial charge in [0, 0.05) is 31.2 Å². The number of aromatic nitrogens is 2. The Labute approximate surface area is 149 Å². The highest BCUT2D eigenvalue weighted by molar-refractivity contribution is 5.85. The Morgan fingerprint density at radius 2 is 1.96 bits per heavy atom. The van der Waals surface area contributed by atoms with Crippen molar-refractivity contribution in [2.75, 3.05) is 12.3 Å². The molecule has 1 unspecified atom stereocenters. The Hall–Kier alpha value is -1.72. The number of carbonyl (C=O) groups excluding carboxylic acids is 1. The molecule has 2 aromatic rings.